The van der Waals surface area contributed by atoms with Crippen LogP contribution < -0.4 is 0 Å². The molecule has 5 heteroatoms. The van der Waals surface area contributed by atoms with Gasteiger partial charge in [-0.15, -0.1) is 0 Å². The number of hydrogen-bond acceptors (Lipinski definition) is 1. The van der Waals surface area contributed by atoms with Crippen molar-refractivity contribution in [2.45, 2.75) is 19.6 Å². The van der Waals surface area contributed by atoms with Gasteiger partial charge in [-0.1, -0.05) is 12.1 Å². The third kappa shape index (κ3) is 2.77. The van der Waals surface area contributed by atoms with E-state index < -0.39 is 11.7 Å². The van der Waals surface area contributed by atoms with Crippen molar-refractivity contribution in [3.05, 3.63) is 65.1 Å². The van der Waals surface area contributed by atoms with Gasteiger partial charge in [0.1, 0.15) is 0 Å². The van der Waals surface area contributed by atoms with Crippen LogP contribution in [0.2, 0.25) is 0 Å². The van der Waals surface area contributed by atoms with Crippen LogP contribution in [0.25, 0.3) is 6.08 Å². The Labute approximate surface area is 120 Å². The monoisotopic (exact) mass is 290 g/mol. The molecule has 108 valence electrons. The molecule has 2 nitrogen and oxygen atoms in total. The topological polar surface area (TPSA) is 17.3 Å². The van der Waals surface area contributed by atoms with Crippen molar-refractivity contribution in [3.8, 4) is 0 Å². The van der Waals surface area contributed by atoms with Crippen LogP contribution in [0.3, 0.4) is 0 Å². The summed E-state index contributed by atoms with van der Waals surface area (Å²) in [7, 11) is 0. The molecular formula is C16H13F3N2. The quantitative estimate of drug-likeness (QED) is 0.742. The number of allylic oxidation sites excluding steroid dienone is 1. The highest BCUT2D eigenvalue weighted by molar-refractivity contribution is 5.99. The molecule has 0 atom stereocenters. The number of halogens is 3. The third-order valence-corrected chi connectivity index (χ3v) is 3.39. The molecule has 0 aliphatic carbocycles. The van der Waals surface area contributed by atoms with Gasteiger partial charge in [0.25, 0.3) is 0 Å². The second-order valence-corrected chi connectivity index (χ2v) is 4.98. The molecular weight excluding hydrogens is 277 g/mol. The molecule has 0 radical (unpaired) electrons. The van der Waals surface area contributed by atoms with E-state index in [4.69, 9.17) is 0 Å². The summed E-state index contributed by atoms with van der Waals surface area (Å²) >= 11 is 0. The van der Waals surface area contributed by atoms with Crippen LogP contribution in [-0.2, 0) is 12.7 Å². The first kappa shape index (κ1) is 13.7. The van der Waals surface area contributed by atoms with Crippen molar-refractivity contribution < 1.29 is 13.2 Å². The number of aromatic nitrogens is 1. The van der Waals surface area contributed by atoms with Crippen LogP contribution in [0.1, 0.15) is 23.7 Å². The van der Waals surface area contributed by atoms with E-state index in [2.05, 4.69) is 4.99 Å². The second kappa shape index (κ2) is 4.91. The number of rotatable bonds is 1. The molecule has 0 saturated carbocycles. The van der Waals surface area contributed by atoms with Gasteiger partial charge in [0.15, 0.2) is 0 Å². The van der Waals surface area contributed by atoms with E-state index >= 15 is 0 Å². The Morgan fingerprint density at radius 3 is 2.76 bits per heavy atom. The summed E-state index contributed by atoms with van der Waals surface area (Å²) in [5.41, 5.74) is 2.51. The fourth-order valence-corrected chi connectivity index (χ4v) is 2.44. The molecule has 3 rings (SSSR count). The number of alkyl halides is 3. The molecule has 0 amide bonds. The molecule has 1 aliphatic heterocycles. The third-order valence-electron chi connectivity index (χ3n) is 3.39. The number of benzene rings is 1. The molecule has 1 aromatic heterocycles. The van der Waals surface area contributed by atoms with E-state index in [9.17, 15) is 13.2 Å². The zero-order valence-corrected chi connectivity index (χ0v) is 11.4. The molecule has 1 aliphatic rings. The lowest BCUT2D eigenvalue weighted by atomic mass is 10.1. The summed E-state index contributed by atoms with van der Waals surface area (Å²) in [6.45, 7) is 2.46. The molecule has 0 saturated heterocycles. The van der Waals surface area contributed by atoms with Crippen molar-refractivity contribution in [2.75, 3.05) is 0 Å². The van der Waals surface area contributed by atoms with Gasteiger partial charge < -0.3 is 4.57 Å². The van der Waals surface area contributed by atoms with Crippen LogP contribution in [0, 0.1) is 0 Å². The minimum Gasteiger partial charge on any atom is -0.341 e. The first-order valence-corrected chi connectivity index (χ1v) is 6.52. The van der Waals surface area contributed by atoms with Crippen molar-refractivity contribution >= 4 is 11.8 Å². The summed E-state index contributed by atoms with van der Waals surface area (Å²) in [6.07, 6.45) is -0.691. The number of nitrogens with zero attached hydrogens (tertiary/aromatic N) is 2. The second-order valence-electron chi connectivity index (χ2n) is 4.98. The highest BCUT2D eigenvalue weighted by Crippen LogP contribution is 2.30. The fraction of sp³-hybridized carbons (Fsp3) is 0.188. The van der Waals surface area contributed by atoms with E-state index in [1.165, 1.54) is 6.07 Å². The van der Waals surface area contributed by atoms with Gasteiger partial charge in [-0.2, -0.15) is 13.2 Å². The highest BCUT2D eigenvalue weighted by Gasteiger charge is 2.30. The van der Waals surface area contributed by atoms with E-state index in [1.54, 1.807) is 12.1 Å². The molecule has 1 aromatic carbocycles. The van der Waals surface area contributed by atoms with Gasteiger partial charge in [-0.25, -0.2) is 0 Å². The summed E-state index contributed by atoms with van der Waals surface area (Å²) < 4.78 is 40.2. The zero-order chi connectivity index (χ0) is 15.0. The lowest BCUT2D eigenvalue weighted by molar-refractivity contribution is -0.137. The number of hydrogen-bond donors (Lipinski definition) is 0. The van der Waals surface area contributed by atoms with Gasteiger partial charge in [-0.3, -0.25) is 4.99 Å². The van der Waals surface area contributed by atoms with Crippen LogP contribution in [0.5, 0.6) is 0 Å². The summed E-state index contributed by atoms with van der Waals surface area (Å²) in [4.78, 5) is 4.46. The molecule has 0 fully saturated rings. The van der Waals surface area contributed by atoms with Gasteiger partial charge in [0.05, 0.1) is 29.2 Å². The Bertz CT molecular complexity index is 736. The Morgan fingerprint density at radius 1 is 1.19 bits per heavy atom. The first-order chi connectivity index (χ1) is 9.93. The lowest BCUT2D eigenvalue weighted by Gasteiger charge is -2.16. The van der Waals surface area contributed by atoms with Crippen molar-refractivity contribution in [2.24, 2.45) is 4.99 Å². The highest BCUT2D eigenvalue weighted by atomic mass is 19.4. The van der Waals surface area contributed by atoms with Crippen molar-refractivity contribution in [1.29, 1.82) is 0 Å². The van der Waals surface area contributed by atoms with E-state index in [1.807, 2.05) is 29.8 Å². The average molecular weight is 290 g/mol. The maximum Gasteiger partial charge on any atom is 0.416 e. The maximum absolute atomic E-state index is 12.7. The Morgan fingerprint density at radius 2 is 2.00 bits per heavy atom. The van der Waals surface area contributed by atoms with Crippen LogP contribution in [0.15, 0.2) is 53.3 Å². The van der Waals surface area contributed by atoms with Gasteiger partial charge in [0.2, 0.25) is 0 Å². The predicted molar refractivity (Wildman–Crippen MR) is 76.1 cm³/mol. The van der Waals surface area contributed by atoms with Crippen LogP contribution >= 0.6 is 0 Å². The fourth-order valence-electron chi connectivity index (χ4n) is 2.44. The van der Waals surface area contributed by atoms with Crippen LogP contribution in [0.4, 0.5) is 13.2 Å². The SMILES string of the molecule is CC1=N/C(=C\c2cccc(C(F)(F)F)c2)Cn2cccc21. The Hall–Kier alpha value is -2.30. The summed E-state index contributed by atoms with van der Waals surface area (Å²) in [5, 5.41) is 0. The van der Waals surface area contributed by atoms with Gasteiger partial charge >= 0.3 is 6.18 Å². The van der Waals surface area contributed by atoms with Gasteiger partial charge in [-0.05, 0) is 42.8 Å². The minimum absolute atomic E-state index is 0.506. The smallest absolute Gasteiger partial charge is 0.341 e. The lowest BCUT2D eigenvalue weighted by Crippen LogP contribution is -2.13. The van der Waals surface area contributed by atoms with E-state index in [0.29, 0.717) is 12.1 Å². The largest absolute Gasteiger partial charge is 0.416 e. The molecule has 0 N–H and O–H groups in total. The zero-order valence-electron chi connectivity index (χ0n) is 11.4. The molecule has 21 heavy (non-hydrogen) atoms. The molecule has 2 aromatic rings. The van der Waals surface area contributed by atoms with Crippen molar-refractivity contribution in [3.63, 3.8) is 0 Å². The van der Waals surface area contributed by atoms with E-state index in [0.717, 1.165) is 29.2 Å². The average Bonchev–Trinajstić information content (AvgIpc) is 2.87. The van der Waals surface area contributed by atoms with Crippen molar-refractivity contribution in [1.82, 2.24) is 4.57 Å². The minimum atomic E-state index is -4.33. The number of fused-ring (bicyclic) bond motifs is 1. The molecule has 0 unspecified atom stereocenters. The number of aliphatic imine (C=N–C) groups is 1. The van der Waals surface area contributed by atoms with Crippen LogP contribution in [-0.4, -0.2) is 10.3 Å². The normalized spacial score (nSPS) is 16.8. The Kier molecular flexibility index (Phi) is 3.20. The predicted octanol–water partition coefficient (Wildman–Crippen LogP) is 4.37. The summed E-state index contributed by atoms with van der Waals surface area (Å²) in [5.74, 6) is 0. The van der Waals surface area contributed by atoms with Gasteiger partial charge in [0, 0.05) is 6.20 Å². The molecule has 2 heterocycles. The first-order valence-electron chi connectivity index (χ1n) is 6.52. The molecule has 0 spiro atoms. The maximum atomic E-state index is 12.7. The standard InChI is InChI=1S/C16H13F3N2/c1-11-15-6-3-7-21(15)10-14(20-11)9-12-4-2-5-13(8-12)16(17,18)19/h2-9H,10H2,1H3/b14-9-. The Balaban J connectivity index is 1.95. The molecule has 0 bridgehead atoms. The summed E-state index contributed by atoms with van der Waals surface area (Å²) in [6, 6.07) is 9.18. The van der Waals surface area contributed by atoms with E-state index in [-0.39, 0.29) is 0 Å².